The fourth-order valence-corrected chi connectivity index (χ4v) is 3.46. The normalized spacial score (nSPS) is 23.1. The van der Waals surface area contributed by atoms with E-state index in [9.17, 15) is 0 Å². The zero-order valence-electron chi connectivity index (χ0n) is 12.2. The van der Waals surface area contributed by atoms with Crippen molar-refractivity contribution in [1.82, 2.24) is 5.32 Å². The van der Waals surface area contributed by atoms with Crippen LogP contribution in [0.5, 0.6) is 0 Å². The molecule has 2 heteroatoms. The first kappa shape index (κ1) is 13.1. The van der Waals surface area contributed by atoms with E-state index in [0.29, 0.717) is 5.41 Å². The van der Waals surface area contributed by atoms with Crippen molar-refractivity contribution in [2.24, 2.45) is 5.92 Å². The van der Waals surface area contributed by atoms with Crippen molar-refractivity contribution in [3.8, 4) is 0 Å². The molecule has 0 aromatic heterocycles. The summed E-state index contributed by atoms with van der Waals surface area (Å²) in [5, 5.41) is 3.46. The highest BCUT2D eigenvalue weighted by molar-refractivity contribution is 5.36. The summed E-state index contributed by atoms with van der Waals surface area (Å²) in [7, 11) is 0. The van der Waals surface area contributed by atoms with Crippen molar-refractivity contribution in [3.63, 3.8) is 0 Å². The van der Waals surface area contributed by atoms with Gasteiger partial charge < -0.3 is 10.1 Å². The Morgan fingerprint density at radius 1 is 1.16 bits per heavy atom. The number of nitrogens with one attached hydrogen (secondary N) is 1. The van der Waals surface area contributed by atoms with Gasteiger partial charge in [0.05, 0.1) is 13.2 Å². The third kappa shape index (κ3) is 2.56. The molecule has 1 aromatic carbocycles. The van der Waals surface area contributed by atoms with Crippen molar-refractivity contribution in [2.45, 2.75) is 38.5 Å². The van der Waals surface area contributed by atoms with E-state index in [1.165, 1.54) is 49.0 Å². The molecule has 0 radical (unpaired) electrons. The maximum atomic E-state index is 5.59. The van der Waals surface area contributed by atoms with Crippen molar-refractivity contribution < 1.29 is 4.74 Å². The number of aryl methyl sites for hydroxylation is 2. The topological polar surface area (TPSA) is 21.3 Å². The number of rotatable bonds is 3. The summed E-state index contributed by atoms with van der Waals surface area (Å²) in [5.41, 5.74) is 4.61. The molecule has 19 heavy (non-hydrogen) atoms. The van der Waals surface area contributed by atoms with Crippen LogP contribution in [-0.2, 0) is 10.2 Å². The predicted molar refractivity (Wildman–Crippen MR) is 78.6 cm³/mol. The van der Waals surface area contributed by atoms with E-state index in [-0.39, 0.29) is 0 Å². The molecule has 2 saturated heterocycles. The first-order chi connectivity index (χ1) is 9.20. The van der Waals surface area contributed by atoms with Gasteiger partial charge in [-0.3, -0.25) is 0 Å². The van der Waals surface area contributed by atoms with Crippen LogP contribution >= 0.6 is 0 Å². The van der Waals surface area contributed by atoms with E-state index in [1.54, 1.807) is 0 Å². The van der Waals surface area contributed by atoms with Crippen LogP contribution < -0.4 is 5.32 Å². The Hall–Kier alpha value is -0.860. The van der Waals surface area contributed by atoms with E-state index in [1.807, 2.05) is 0 Å². The average Bonchev–Trinajstić information content (AvgIpc) is 2.38. The molecule has 0 saturated carbocycles. The molecule has 1 N–H and O–H groups in total. The van der Waals surface area contributed by atoms with E-state index in [4.69, 9.17) is 4.74 Å². The van der Waals surface area contributed by atoms with E-state index in [2.05, 4.69) is 37.4 Å². The molecule has 2 nitrogen and oxygen atoms in total. The third-order valence-corrected chi connectivity index (χ3v) is 5.01. The summed E-state index contributed by atoms with van der Waals surface area (Å²) in [5.74, 6) is 0.867. The lowest BCUT2D eigenvalue weighted by molar-refractivity contribution is -0.0731. The number of hydrogen-bond acceptors (Lipinski definition) is 2. The SMILES string of the molecule is Cc1ccc(C2(CC3CCNCC3)COC2)cc1C. The van der Waals surface area contributed by atoms with Gasteiger partial charge in [0.15, 0.2) is 0 Å². The van der Waals surface area contributed by atoms with Crippen LogP contribution in [0.2, 0.25) is 0 Å². The quantitative estimate of drug-likeness (QED) is 0.901. The molecule has 2 fully saturated rings. The second kappa shape index (κ2) is 5.26. The summed E-state index contributed by atoms with van der Waals surface area (Å²) in [6.07, 6.45) is 3.95. The van der Waals surface area contributed by atoms with Gasteiger partial charge in [-0.2, -0.15) is 0 Å². The molecule has 0 amide bonds. The smallest absolute Gasteiger partial charge is 0.0585 e. The highest BCUT2D eigenvalue weighted by atomic mass is 16.5. The zero-order chi connectivity index (χ0) is 13.3. The van der Waals surface area contributed by atoms with E-state index >= 15 is 0 Å². The minimum absolute atomic E-state index is 0.306. The van der Waals surface area contributed by atoms with Crippen LogP contribution in [0.3, 0.4) is 0 Å². The van der Waals surface area contributed by atoms with Crippen LogP contribution in [0.25, 0.3) is 0 Å². The number of ether oxygens (including phenoxy) is 1. The summed E-state index contributed by atoms with van der Waals surface area (Å²) in [6.45, 7) is 8.62. The number of benzene rings is 1. The molecule has 2 aliphatic rings. The van der Waals surface area contributed by atoms with Gasteiger partial charge in [0.2, 0.25) is 0 Å². The Balaban J connectivity index is 1.79. The summed E-state index contributed by atoms with van der Waals surface area (Å²) in [6, 6.07) is 6.98. The molecule has 0 unspecified atom stereocenters. The lowest BCUT2D eigenvalue weighted by atomic mass is 9.70. The van der Waals surface area contributed by atoms with E-state index < -0.39 is 0 Å². The molecule has 0 spiro atoms. The van der Waals surface area contributed by atoms with Gasteiger partial charge in [-0.15, -0.1) is 0 Å². The minimum Gasteiger partial charge on any atom is -0.379 e. The van der Waals surface area contributed by atoms with Gasteiger partial charge in [0.1, 0.15) is 0 Å². The molecule has 104 valence electrons. The highest BCUT2D eigenvalue weighted by Crippen LogP contribution is 2.40. The van der Waals surface area contributed by atoms with Gasteiger partial charge in [0.25, 0.3) is 0 Å². The Bertz CT molecular complexity index is 445. The largest absolute Gasteiger partial charge is 0.379 e. The second-order valence-electron chi connectivity index (χ2n) is 6.47. The average molecular weight is 259 g/mol. The van der Waals surface area contributed by atoms with Gasteiger partial charge in [-0.25, -0.2) is 0 Å². The monoisotopic (exact) mass is 259 g/mol. The van der Waals surface area contributed by atoms with Crippen molar-refractivity contribution in [1.29, 1.82) is 0 Å². The van der Waals surface area contributed by atoms with E-state index in [0.717, 1.165) is 19.1 Å². The molecule has 0 bridgehead atoms. The maximum absolute atomic E-state index is 5.59. The predicted octanol–water partition coefficient (Wildman–Crippen LogP) is 2.96. The second-order valence-corrected chi connectivity index (χ2v) is 6.47. The lowest BCUT2D eigenvalue weighted by Gasteiger charge is -2.45. The lowest BCUT2D eigenvalue weighted by Crippen LogP contribution is -2.49. The minimum atomic E-state index is 0.306. The van der Waals surface area contributed by atoms with Gasteiger partial charge in [-0.1, -0.05) is 18.2 Å². The fourth-order valence-electron chi connectivity index (χ4n) is 3.46. The third-order valence-electron chi connectivity index (χ3n) is 5.01. The fraction of sp³-hybridized carbons (Fsp3) is 0.647. The highest BCUT2D eigenvalue weighted by Gasteiger charge is 2.42. The van der Waals surface area contributed by atoms with Crippen LogP contribution in [0.4, 0.5) is 0 Å². The molecular formula is C17H25NO. The molecule has 1 aromatic rings. The van der Waals surface area contributed by atoms with Crippen LogP contribution in [0.1, 0.15) is 36.0 Å². The Morgan fingerprint density at radius 2 is 1.89 bits per heavy atom. The summed E-state index contributed by atoms with van der Waals surface area (Å²) >= 11 is 0. The van der Waals surface area contributed by atoms with Crippen molar-refractivity contribution >= 4 is 0 Å². The Morgan fingerprint density at radius 3 is 2.47 bits per heavy atom. The summed E-state index contributed by atoms with van der Waals surface area (Å²) < 4.78 is 5.59. The first-order valence-electron chi connectivity index (χ1n) is 7.56. The Kier molecular flexibility index (Phi) is 3.64. The van der Waals surface area contributed by atoms with Crippen LogP contribution in [0, 0.1) is 19.8 Å². The van der Waals surface area contributed by atoms with Crippen molar-refractivity contribution in [2.75, 3.05) is 26.3 Å². The molecule has 0 atom stereocenters. The standard InChI is InChI=1S/C17H25NO/c1-13-3-4-16(9-14(13)2)17(11-19-12-17)10-15-5-7-18-8-6-15/h3-4,9,15,18H,5-8,10-12H2,1-2H3. The molecular weight excluding hydrogens is 234 g/mol. The number of piperidine rings is 1. The van der Waals surface area contributed by atoms with Crippen LogP contribution in [-0.4, -0.2) is 26.3 Å². The first-order valence-corrected chi connectivity index (χ1v) is 7.56. The van der Waals surface area contributed by atoms with Crippen LogP contribution in [0.15, 0.2) is 18.2 Å². The van der Waals surface area contributed by atoms with Gasteiger partial charge >= 0.3 is 0 Å². The zero-order valence-corrected chi connectivity index (χ0v) is 12.2. The van der Waals surface area contributed by atoms with Crippen molar-refractivity contribution in [3.05, 3.63) is 34.9 Å². The molecule has 2 aliphatic heterocycles. The number of hydrogen-bond donors (Lipinski definition) is 1. The molecule has 0 aliphatic carbocycles. The van der Waals surface area contributed by atoms with Gasteiger partial charge in [-0.05, 0) is 68.8 Å². The maximum Gasteiger partial charge on any atom is 0.0585 e. The molecule has 3 rings (SSSR count). The van der Waals surface area contributed by atoms with Gasteiger partial charge in [0, 0.05) is 5.41 Å². The Labute approximate surface area is 116 Å². The molecule has 2 heterocycles. The summed E-state index contributed by atoms with van der Waals surface area (Å²) in [4.78, 5) is 0.